The number of hydrogen-bond acceptors (Lipinski definition) is 5. The van der Waals surface area contributed by atoms with Crippen molar-refractivity contribution in [1.82, 2.24) is 14.7 Å². The molecule has 10 heteroatoms. The zero-order chi connectivity index (χ0) is 17.6. The first-order chi connectivity index (χ1) is 11.3. The summed E-state index contributed by atoms with van der Waals surface area (Å²) < 4.78 is 45.5. The van der Waals surface area contributed by atoms with E-state index in [1.54, 1.807) is 4.90 Å². The summed E-state index contributed by atoms with van der Waals surface area (Å²) in [7, 11) is 0. The first-order valence-corrected chi connectivity index (χ1v) is 7.85. The summed E-state index contributed by atoms with van der Waals surface area (Å²) >= 11 is 0. The highest BCUT2D eigenvalue weighted by molar-refractivity contribution is 5.80. The molecule has 0 saturated carbocycles. The fourth-order valence-corrected chi connectivity index (χ4v) is 2.60. The Labute approximate surface area is 138 Å². The average Bonchev–Trinajstić information content (AvgIpc) is 2.54. The van der Waals surface area contributed by atoms with Crippen LogP contribution in [-0.2, 0) is 19.1 Å². The maximum Gasteiger partial charge on any atom is 0.411 e. The van der Waals surface area contributed by atoms with Gasteiger partial charge >= 0.3 is 6.18 Å². The lowest BCUT2D eigenvalue weighted by atomic mass is 10.3. The second-order valence-corrected chi connectivity index (χ2v) is 5.76. The highest BCUT2D eigenvalue weighted by Gasteiger charge is 2.29. The first-order valence-electron chi connectivity index (χ1n) is 7.85. The topological polar surface area (TPSA) is 62.3 Å². The van der Waals surface area contributed by atoms with E-state index in [2.05, 4.69) is 4.74 Å². The molecule has 0 atom stereocenters. The lowest BCUT2D eigenvalue weighted by Crippen LogP contribution is -2.54. The predicted molar refractivity (Wildman–Crippen MR) is 77.3 cm³/mol. The lowest BCUT2D eigenvalue weighted by molar-refractivity contribution is -0.178. The van der Waals surface area contributed by atoms with E-state index in [9.17, 15) is 22.8 Å². The highest BCUT2D eigenvalue weighted by atomic mass is 19.4. The largest absolute Gasteiger partial charge is 0.411 e. The normalized spacial score (nSPS) is 20.3. The molecule has 2 saturated heterocycles. The molecular formula is C14H22F3N3O4. The Balaban J connectivity index is 1.66. The highest BCUT2D eigenvalue weighted by Crippen LogP contribution is 2.14. The summed E-state index contributed by atoms with van der Waals surface area (Å²) in [5.74, 6) is -0.489. The molecule has 2 aliphatic heterocycles. The van der Waals surface area contributed by atoms with E-state index in [4.69, 9.17) is 4.74 Å². The van der Waals surface area contributed by atoms with Gasteiger partial charge in [-0.1, -0.05) is 0 Å². The van der Waals surface area contributed by atoms with E-state index in [0.717, 1.165) is 13.1 Å². The van der Waals surface area contributed by atoms with Gasteiger partial charge in [0.25, 0.3) is 0 Å². The standard InChI is InChI=1S/C14H22F3N3O4/c15-14(16,17)11-24-10-13(22)20-3-1-19(2-4-20)12(21)9-18-5-7-23-8-6-18/h1-11H2. The van der Waals surface area contributed by atoms with Crippen molar-refractivity contribution in [3.05, 3.63) is 0 Å². The molecule has 7 nitrogen and oxygen atoms in total. The van der Waals surface area contributed by atoms with Gasteiger partial charge in [-0.15, -0.1) is 0 Å². The Morgan fingerprint density at radius 3 is 2.00 bits per heavy atom. The second-order valence-electron chi connectivity index (χ2n) is 5.76. The molecule has 0 aromatic rings. The number of carbonyl (C=O) groups is 2. The Bertz CT molecular complexity index is 433. The van der Waals surface area contributed by atoms with Crippen LogP contribution in [0.15, 0.2) is 0 Å². The molecule has 0 spiro atoms. The first kappa shape index (κ1) is 18.9. The van der Waals surface area contributed by atoms with E-state index in [-0.39, 0.29) is 5.91 Å². The second kappa shape index (κ2) is 8.63. The van der Waals surface area contributed by atoms with E-state index in [1.165, 1.54) is 4.90 Å². The molecule has 2 aliphatic rings. The molecule has 0 radical (unpaired) electrons. The van der Waals surface area contributed by atoms with Crippen LogP contribution < -0.4 is 0 Å². The molecular weight excluding hydrogens is 331 g/mol. The minimum absolute atomic E-state index is 0.00248. The molecule has 2 fully saturated rings. The Kier molecular flexibility index (Phi) is 6.81. The van der Waals surface area contributed by atoms with Crippen molar-refractivity contribution in [1.29, 1.82) is 0 Å². The maximum atomic E-state index is 12.2. The van der Waals surface area contributed by atoms with Crippen molar-refractivity contribution in [3.8, 4) is 0 Å². The van der Waals surface area contributed by atoms with Crippen LogP contribution in [-0.4, -0.2) is 105 Å². The van der Waals surface area contributed by atoms with Crippen LogP contribution in [0.25, 0.3) is 0 Å². The molecule has 24 heavy (non-hydrogen) atoms. The van der Waals surface area contributed by atoms with Crippen molar-refractivity contribution in [2.24, 2.45) is 0 Å². The third-order valence-electron chi connectivity index (χ3n) is 3.94. The number of ether oxygens (including phenoxy) is 2. The van der Waals surface area contributed by atoms with Gasteiger partial charge in [-0.2, -0.15) is 13.2 Å². The fourth-order valence-electron chi connectivity index (χ4n) is 2.60. The number of carbonyl (C=O) groups excluding carboxylic acids is 2. The molecule has 2 rings (SSSR count). The molecule has 0 bridgehead atoms. The van der Waals surface area contributed by atoms with Gasteiger partial charge in [0.15, 0.2) is 0 Å². The Hall–Kier alpha value is -1.39. The molecule has 2 heterocycles. The van der Waals surface area contributed by atoms with Crippen LogP contribution in [0.3, 0.4) is 0 Å². The molecule has 0 unspecified atom stereocenters. The van der Waals surface area contributed by atoms with Crippen molar-refractivity contribution >= 4 is 11.8 Å². The third-order valence-corrected chi connectivity index (χ3v) is 3.94. The summed E-state index contributed by atoms with van der Waals surface area (Å²) in [6, 6.07) is 0. The van der Waals surface area contributed by atoms with Crippen molar-refractivity contribution in [2.45, 2.75) is 6.18 Å². The zero-order valence-electron chi connectivity index (χ0n) is 13.4. The van der Waals surface area contributed by atoms with Crippen molar-refractivity contribution in [3.63, 3.8) is 0 Å². The van der Waals surface area contributed by atoms with Crippen LogP contribution in [0.5, 0.6) is 0 Å². The third kappa shape index (κ3) is 6.25. The fraction of sp³-hybridized carbons (Fsp3) is 0.857. The number of piperazine rings is 1. The van der Waals surface area contributed by atoms with Crippen molar-refractivity contribution in [2.75, 3.05) is 72.2 Å². The molecule has 0 aromatic heterocycles. The summed E-state index contributed by atoms with van der Waals surface area (Å²) in [6.45, 7) is 2.36. The Morgan fingerprint density at radius 1 is 0.917 bits per heavy atom. The molecule has 138 valence electrons. The molecule has 0 aromatic carbocycles. The SMILES string of the molecule is O=C(COCC(F)(F)F)N1CCN(C(=O)CN2CCOCC2)CC1. The monoisotopic (exact) mass is 353 g/mol. The lowest BCUT2D eigenvalue weighted by Gasteiger charge is -2.36. The summed E-state index contributed by atoms with van der Waals surface area (Å²) in [5, 5.41) is 0. The van der Waals surface area contributed by atoms with E-state index in [1.807, 2.05) is 4.90 Å². The van der Waals surface area contributed by atoms with E-state index < -0.39 is 25.3 Å². The zero-order valence-corrected chi connectivity index (χ0v) is 13.4. The predicted octanol–water partition coefficient (Wildman–Crippen LogP) is -0.432. The van der Waals surface area contributed by atoms with E-state index in [0.29, 0.717) is 45.9 Å². The Morgan fingerprint density at radius 2 is 1.46 bits per heavy atom. The minimum atomic E-state index is -4.44. The van der Waals surface area contributed by atoms with Gasteiger partial charge in [-0.05, 0) is 0 Å². The average molecular weight is 353 g/mol. The smallest absolute Gasteiger partial charge is 0.379 e. The van der Waals surface area contributed by atoms with Crippen molar-refractivity contribution < 1.29 is 32.2 Å². The van der Waals surface area contributed by atoms with Crippen LogP contribution in [0.4, 0.5) is 13.2 Å². The van der Waals surface area contributed by atoms with Gasteiger partial charge < -0.3 is 19.3 Å². The van der Waals surface area contributed by atoms with Gasteiger partial charge in [-0.3, -0.25) is 14.5 Å². The van der Waals surface area contributed by atoms with Crippen LogP contribution in [0.1, 0.15) is 0 Å². The summed E-state index contributed by atoms with van der Waals surface area (Å²) in [6.07, 6.45) is -4.44. The number of amides is 2. The summed E-state index contributed by atoms with van der Waals surface area (Å²) in [5.41, 5.74) is 0. The molecule has 0 aliphatic carbocycles. The number of morpholine rings is 1. The number of nitrogens with zero attached hydrogens (tertiary/aromatic N) is 3. The number of rotatable bonds is 5. The molecule has 0 N–H and O–H groups in total. The maximum absolute atomic E-state index is 12.2. The van der Waals surface area contributed by atoms with Crippen LogP contribution >= 0.6 is 0 Å². The quantitative estimate of drug-likeness (QED) is 0.671. The van der Waals surface area contributed by atoms with Crippen LogP contribution in [0.2, 0.25) is 0 Å². The van der Waals surface area contributed by atoms with Gasteiger partial charge in [0.1, 0.15) is 13.2 Å². The number of alkyl halides is 3. The van der Waals surface area contributed by atoms with Gasteiger partial charge in [0.2, 0.25) is 11.8 Å². The minimum Gasteiger partial charge on any atom is -0.379 e. The van der Waals surface area contributed by atoms with Gasteiger partial charge in [-0.25, -0.2) is 0 Å². The van der Waals surface area contributed by atoms with E-state index >= 15 is 0 Å². The number of hydrogen-bond donors (Lipinski definition) is 0. The van der Waals surface area contributed by atoms with Gasteiger partial charge in [0, 0.05) is 39.3 Å². The number of halogens is 3. The summed E-state index contributed by atoms with van der Waals surface area (Å²) in [4.78, 5) is 29.1. The molecule has 2 amide bonds. The van der Waals surface area contributed by atoms with Gasteiger partial charge in [0.05, 0.1) is 19.8 Å². The van der Waals surface area contributed by atoms with Crippen LogP contribution in [0, 0.1) is 0 Å².